The second kappa shape index (κ2) is 10.1. The van der Waals surface area contributed by atoms with Gasteiger partial charge in [-0.25, -0.2) is 0 Å². The minimum absolute atomic E-state index is 0. The second-order valence-corrected chi connectivity index (χ2v) is 6.05. The monoisotopic (exact) mass is 546 g/mol. The summed E-state index contributed by atoms with van der Waals surface area (Å²) in [5.74, 6) is 2.63. The number of aromatic nitrogens is 2. The number of aryl methyl sites for hydroxylation is 3. The van der Waals surface area contributed by atoms with E-state index in [0.29, 0.717) is 0 Å². The Hall–Kier alpha value is -2.39. The maximum Gasteiger partial charge on any atom is 0.155 e. The Labute approximate surface area is 174 Å². The van der Waals surface area contributed by atoms with Crippen LogP contribution in [0.1, 0.15) is 31.1 Å². The minimum Gasteiger partial charge on any atom is -0.512 e. The number of ketones is 1. The molecular formula is C21H23N2O3Pt-. The normalized spacial score (nSPS) is 10.6. The number of nitrogens with zero attached hydrogens (tertiary/aromatic N) is 2. The first-order chi connectivity index (χ1) is 12.3. The van der Waals surface area contributed by atoms with Gasteiger partial charge >= 0.3 is 0 Å². The summed E-state index contributed by atoms with van der Waals surface area (Å²) in [4.78, 5) is 14.6. The van der Waals surface area contributed by atoms with Gasteiger partial charge in [0.15, 0.2) is 5.78 Å². The smallest absolute Gasteiger partial charge is 0.155 e. The SMILES string of the molecule is CC(=O)/C=C(/C)O.Cc1cn(-c2cc(C)oc2C)c(-c2[c-]cccc2)n1.[Pt]. The Morgan fingerprint density at radius 1 is 1.26 bits per heavy atom. The largest absolute Gasteiger partial charge is 0.512 e. The minimum atomic E-state index is -0.125. The maximum absolute atomic E-state index is 10.0. The second-order valence-electron chi connectivity index (χ2n) is 6.05. The molecule has 0 spiro atoms. The number of carbonyl (C=O) groups is 1. The quantitative estimate of drug-likeness (QED) is 0.289. The van der Waals surface area contributed by atoms with Crippen LogP contribution < -0.4 is 0 Å². The molecule has 0 radical (unpaired) electrons. The number of carbonyl (C=O) groups excluding carboxylic acids is 1. The summed E-state index contributed by atoms with van der Waals surface area (Å²) < 4.78 is 7.67. The van der Waals surface area contributed by atoms with Crippen molar-refractivity contribution in [3.05, 3.63) is 71.6 Å². The Morgan fingerprint density at radius 2 is 1.96 bits per heavy atom. The van der Waals surface area contributed by atoms with Crippen LogP contribution in [-0.2, 0) is 25.9 Å². The van der Waals surface area contributed by atoms with Crippen molar-refractivity contribution in [3.63, 3.8) is 0 Å². The number of furan rings is 1. The first-order valence-corrected chi connectivity index (χ1v) is 8.26. The Morgan fingerprint density at radius 3 is 2.41 bits per heavy atom. The molecule has 0 unspecified atom stereocenters. The van der Waals surface area contributed by atoms with Crippen molar-refractivity contribution in [2.75, 3.05) is 0 Å². The number of benzene rings is 1. The summed E-state index contributed by atoms with van der Waals surface area (Å²) >= 11 is 0. The van der Waals surface area contributed by atoms with E-state index in [1.807, 2.05) is 57.3 Å². The van der Waals surface area contributed by atoms with Crippen molar-refractivity contribution in [3.8, 4) is 17.1 Å². The molecule has 5 nitrogen and oxygen atoms in total. The first kappa shape index (κ1) is 22.6. The molecule has 0 amide bonds. The molecule has 2 aromatic heterocycles. The fourth-order valence-electron chi connectivity index (χ4n) is 2.55. The summed E-state index contributed by atoms with van der Waals surface area (Å²) in [5, 5.41) is 8.36. The summed E-state index contributed by atoms with van der Waals surface area (Å²) in [6.45, 7) is 8.76. The van der Waals surface area contributed by atoms with Crippen molar-refractivity contribution in [1.82, 2.24) is 9.55 Å². The zero-order valence-corrected chi connectivity index (χ0v) is 18.3. The number of rotatable bonds is 3. The van der Waals surface area contributed by atoms with Crippen molar-refractivity contribution in [2.45, 2.75) is 34.6 Å². The van der Waals surface area contributed by atoms with E-state index in [1.54, 1.807) is 0 Å². The zero-order valence-electron chi connectivity index (χ0n) is 16.0. The number of aliphatic hydroxyl groups excluding tert-OH is 1. The molecule has 0 aliphatic carbocycles. The third-order valence-corrected chi connectivity index (χ3v) is 3.46. The van der Waals surface area contributed by atoms with Crippen LogP contribution in [0, 0.1) is 26.8 Å². The van der Waals surface area contributed by atoms with Crippen LogP contribution in [0.25, 0.3) is 17.1 Å². The van der Waals surface area contributed by atoms with Gasteiger partial charge in [0.25, 0.3) is 0 Å². The molecule has 0 fully saturated rings. The van der Waals surface area contributed by atoms with Crippen molar-refractivity contribution in [2.24, 2.45) is 0 Å². The van der Waals surface area contributed by atoms with E-state index in [0.717, 1.165) is 34.3 Å². The van der Waals surface area contributed by atoms with Gasteiger partial charge in [0, 0.05) is 45.1 Å². The van der Waals surface area contributed by atoms with Crippen LogP contribution in [-0.4, -0.2) is 20.4 Å². The van der Waals surface area contributed by atoms with Gasteiger partial charge in [0.05, 0.1) is 17.3 Å². The predicted octanol–water partition coefficient (Wildman–Crippen LogP) is 4.89. The molecule has 146 valence electrons. The van der Waals surface area contributed by atoms with Crippen LogP contribution in [0.3, 0.4) is 0 Å². The number of allylic oxidation sites excluding steroid dienone is 2. The van der Waals surface area contributed by atoms with Gasteiger partial charge in [0.2, 0.25) is 0 Å². The van der Waals surface area contributed by atoms with Gasteiger partial charge < -0.3 is 14.1 Å². The fraction of sp³-hybridized carbons (Fsp3) is 0.238. The molecular weight excluding hydrogens is 523 g/mol. The Kier molecular flexibility index (Phi) is 8.45. The number of aliphatic hydroxyl groups is 1. The van der Waals surface area contributed by atoms with Crippen LogP contribution in [0.2, 0.25) is 0 Å². The van der Waals surface area contributed by atoms with E-state index < -0.39 is 0 Å². The van der Waals surface area contributed by atoms with Gasteiger partial charge in [-0.3, -0.25) is 9.78 Å². The fourth-order valence-corrected chi connectivity index (χ4v) is 2.55. The third-order valence-electron chi connectivity index (χ3n) is 3.46. The number of hydrogen-bond donors (Lipinski definition) is 1. The molecule has 0 saturated heterocycles. The van der Waals surface area contributed by atoms with Crippen LogP contribution in [0.5, 0.6) is 0 Å². The topological polar surface area (TPSA) is 68.3 Å². The van der Waals surface area contributed by atoms with Crippen LogP contribution in [0.4, 0.5) is 0 Å². The molecule has 0 aliphatic heterocycles. The van der Waals surface area contributed by atoms with E-state index in [9.17, 15) is 4.79 Å². The number of hydrogen-bond acceptors (Lipinski definition) is 4. The standard InChI is InChI=1S/C16H15N2O.C5H8O2.Pt/c1-11-10-18(15-9-12(2)19-13(15)3)16(17-11)14-7-5-4-6-8-14;1-4(6)3-5(2)7;/h4-7,9-10H,1-3H3;3,6H,1-2H3;/q-1;;/b;4-3-;. The molecule has 3 rings (SSSR count). The molecule has 2 heterocycles. The van der Waals surface area contributed by atoms with Crippen molar-refractivity contribution in [1.29, 1.82) is 0 Å². The van der Waals surface area contributed by atoms with E-state index in [4.69, 9.17) is 9.52 Å². The van der Waals surface area contributed by atoms with E-state index in [1.165, 1.54) is 19.9 Å². The van der Waals surface area contributed by atoms with Gasteiger partial charge in [0.1, 0.15) is 11.5 Å². The molecule has 0 aliphatic rings. The summed E-state index contributed by atoms with van der Waals surface area (Å²) in [6.07, 6.45) is 3.19. The Balaban J connectivity index is 0.000000395. The summed E-state index contributed by atoms with van der Waals surface area (Å²) in [5.41, 5.74) is 2.99. The molecule has 6 heteroatoms. The average molecular weight is 547 g/mol. The van der Waals surface area contributed by atoms with Gasteiger partial charge in [-0.1, -0.05) is 0 Å². The number of imidazole rings is 1. The Bertz CT molecular complexity index is 920. The first-order valence-electron chi connectivity index (χ1n) is 8.26. The van der Waals surface area contributed by atoms with E-state index in [2.05, 4.69) is 15.6 Å². The third kappa shape index (κ3) is 6.37. The summed E-state index contributed by atoms with van der Waals surface area (Å²) in [6, 6.07) is 13.1. The van der Waals surface area contributed by atoms with Crippen LogP contribution in [0.15, 0.2) is 52.8 Å². The van der Waals surface area contributed by atoms with Crippen LogP contribution >= 0.6 is 0 Å². The zero-order chi connectivity index (χ0) is 19.3. The van der Waals surface area contributed by atoms with Gasteiger partial charge in [-0.2, -0.15) is 0 Å². The van der Waals surface area contributed by atoms with Crippen molar-refractivity contribution < 1.29 is 35.4 Å². The maximum atomic E-state index is 10.0. The van der Waals surface area contributed by atoms with Crippen molar-refractivity contribution >= 4 is 5.78 Å². The molecule has 0 saturated carbocycles. The molecule has 1 N–H and O–H groups in total. The van der Waals surface area contributed by atoms with Gasteiger partial charge in [-0.15, -0.1) is 35.9 Å². The molecule has 0 bridgehead atoms. The molecule has 0 atom stereocenters. The van der Waals surface area contributed by atoms with Gasteiger partial charge in [-0.05, 0) is 34.6 Å². The van der Waals surface area contributed by atoms with E-state index in [-0.39, 0.29) is 32.6 Å². The average Bonchev–Trinajstić information content (AvgIpc) is 3.09. The molecule has 1 aromatic carbocycles. The molecule has 3 aromatic rings. The summed E-state index contributed by atoms with van der Waals surface area (Å²) in [7, 11) is 0. The van der Waals surface area contributed by atoms with E-state index >= 15 is 0 Å². The molecule has 27 heavy (non-hydrogen) atoms. The predicted molar refractivity (Wildman–Crippen MR) is 101 cm³/mol.